The first-order valence-electron chi connectivity index (χ1n) is 4.41. The number of halogens is 1. The second kappa shape index (κ2) is 3.67. The lowest BCUT2D eigenvalue weighted by molar-refractivity contribution is 0.699. The molecule has 2 rings (SSSR count). The van der Waals surface area contributed by atoms with E-state index in [2.05, 4.69) is 26.0 Å². The molecule has 0 aliphatic carbocycles. The summed E-state index contributed by atoms with van der Waals surface area (Å²) in [6.07, 6.45) is 2.58. The zero-order valence-electron chi connectivity index (χ0n) is 7.81. The molecule has 0 aliphatic heterocycles. The lowest BCUT2D eigenvalue weighted by Crippen LogP contribution is -2.18. The second-order valence-electron chi connectivity index (χ2n) is 3.36. The number of hydrogen-bond acceptors (Lipinski definition) is 3. The number of nitrogens with two attached hydrogens (primary N) is 1. The Hall–Kier alpha value is -0.940. The molecule has 0 saturated heterocycles. The van der Waals surface area contributed by atoms with Crippen molar-refractivity contribution < 1.29 is 0 Å². The lowest BCUT2D eigenvalue weighted by atomic mass is 10.2. The zero-order valence-corrected chi connectivity index (χ0v) is 9.40. The molecule has 0 saturated carbocycles. The normalized spacial score (nSPS) is 13.4. The summed E-state index contributed by atoms with van der Waals surface area (Å²) in [5.74, 6) is 0.790. The van der Waals surface area contributed by atoms with Crippen molar-refractivity contribution in [2.75, 3.05) is 0 Å². The number of aromatic nitrogens is 3. The molecular weight excluding hydrogens is 244 g/mol. The topological polar surface area (TPSA) is 56.2 Å². The Bertz CT molecular complexity index is 449. The van der Waals surface area contributed by atoms with Gasteiger partial charge in [-0.15, -0.1) is 0 Å². The van der Waals surface area contributed by atoms with Crippen LogP contribution in [-0.2, 0) is 6.42 Å². The van der Waals surface area contributed by atoms with Gasteiger partial charge in [-0.1, -0.05) is 15.9 Å². The first-order chi connectivity index (χ1) is 6.65. The molecule has 0 bridgehead atoms. The number of hydrogen-bond donors (Lipinski definition) is 1. The van der Waals surface area contributed by atoms with Gasteiger partial charge >= 0.3 is 0 Å². The molecule has 2 aromatic rings. The Morgan fingerprint density at radius 3 is 3.14 bits per heavy atom. The number of nitrogens with zero attached hydrogens (tertiary/aromatic N) is 3. The molecular formula is C9H11BrN4. The summed E-state index contributed by atoms with van der Waals surface area (Å²) < 4.78 is 2.76. The minimum absolute atomic E-state index is 0.0934. The van der Waals surface area contributed by atoms with Crippen molar-refractivity contribution in [1.82, 2.24) is 14.6 Å². The van der Waals surface area contributed by atoms with E-state index < -0.39 is 0 Å². The first kappa shape index (κ1) is 9.61. The third-order valence-electron chi connectivity index (χ3n) is 1.85. The molecule has 14 heavy (non-hydrogen) atoms. The SMILES string of the molecule is CC(N)Cc1nc2cc(Br)ccn2n1. The Morgan fingerprint density at radius 2 is 2.43 bits per heavy atom. The third-order valence-corrected chi connectivity index (χ3v) is 2.34. The zero-order chi connectivity index (χ0) is 10.1. The molecule has 0 aliphatic rings. The van der Waals surface area contributed by atoms with Gasteiger partial charge in [0.1, 0.15) is 0 Å². The van der Waals surface area contributed by atoms with Gasteiger partial charge in [0.25, 0.3) is 0 Å². The van der Waals surface area contributed by atoms with Gasteiger partial charge in [-0.05, 0) is 19.1 Å². The van der Waals surface area contributed by atoms with Crippen LogP contribution in [0.5, 0.6) is 0 Å². The summed E-state index contributed by atoms with van der Waals surface area (Å²) in [5, 5.41) is 4.30. The van der Waals surface area contributed by atoms with Gasteiger partial charge in [0.05, 0.1) is 0 Å². The summed E-state index contributed by atoms with van der Waals surface area (Å²) in [5.41, 5.74) is 6.52. The van der Waals surface area contributed by atoms with Crippen LogP contribution in [0.15, 0.2) is 22.8 Å². The largest absolute Gasteiger partial charge is 0.328 e. The van der Waals surface area contributed by atoms with Crippen LogP contribution in [0.3, 0.4) is 0 Å². The van der Waals surface area contributed by atoms with Crippen molar-refractivity contribution in [1.29, 1.82) is 0 Å². The van der Waals surface area contributed by atoms with E-state index in [1.807, 2.05) is 25.3 Å². The van der Waals surface area contributed by atoms with E-state index in [0.717, 1.165) is 15.9 Å². The first-order valence-corrected chi connectivity index (χ1v) is 5.21. The molecule has 0 fully saturated rings. The molecule has 1 unspecified atom stereocenters. The van der Waals surface area contributed by atoms with E-state index >= 15 is 0 Å². The summed E-state index contributed by atoms with van der Waals surface area (Å²) in [6.45, 7) is 1.95. The fraction of sp³-hybridized carbons (Fsp3) is 0.333. The molecule has 0 radical (unpaired) electrons. The van der Waals surface area contributed by atoms with Crippen molar-refractivity contribution in [2.24, 2.45) is 5.73 Å². The van der Waals surface area contributed by atoms with Crippen LogP contribution in [0.25, 0.3) is 5.65 Å². The number of fused-ring (bicyclic) bond motifs is 1. The second-order valence-corrected chi connectivity index (χ2v) is 4.27. The average Bonchev–Trinajstić information content (AvgIpc) is 2.44. The van der Waals surface area contributed by atoms with Gasteiger partial charge in [-0.2, -0.15) is 5.10 Å². The van der Waals surface area contributed by atoms with E-state index in [1.165, 1.54) is 0 Å². The molecule has 0 spiro atoms. The van der Waals surface area contributed by atoms with Gasteiger partial charge in [-0.3, -0.25) is 0 Å². The minimum atomic E-state index is 0.0934. The maximum Gasteiger partial charge on any atom is 0.156 e. The van der Waals surface area contributed by atoms with Gasteiger partial charge in [0.15, 0.2) is 11.5 Å². The predicted octanol–water partition coefficient (Wildman–Crippen LogP) is 1.38. The van der Waals surface area contributed by atoms with Crippen molar-refractivity contribution >= 4 is 21.6 Å². The van der Waals surface area contributed by atoms with Crippen LogP contribution in [-0.4, -0.2) is 20.6 Å². The van der Waals surface area contributed by atoms with Gasteiger partial charge in [-0.25, -0.2) is 9.50 Å². The highest BCUT2D eigenvalue weighted by molar-refractivity contribution is 9.10. The summed E-state index contributed by atoms with van der Waals surface area (Å²) in [6, 6.07) is 3.95. The van der Waals surface area contributed by atoms with Crippen molar-refractivity contribution in [3.05, 3.63) is 28.6 Å². The minimum Gasteiger partial charge on any atom is -0.328 e. The van der Waals surface area contributed by atoms with Gasteiger partial charge < -0.3 is 5.73 Å². The fourth-order valence-electron chi connectivity index (χ4n) is 1.28. The van der Waals surface area contributed by atoms with E-state index in [9.17, 15) is 0 Å². The Morgan fingerprint density at radius 1 is 1.64 bits per heavy atom. The smallest absolute Gasteiger partial charge is 0.156 e. The quantitative estimate of drug-likeness (QED) is 0.882. The number of pyridine rings is 1. The predicted molar refractivity (Wildman–Crippen MR) is 58.0 cm³/mol. The molecule has 0 aromatic carbocycles. The molecule has 1 atom stereocenters. The molecule has 2 aromatic heterocycles. The highest BCUT2D eigenvalue weighted by Crippen LogP contribution is 2.11. The molecule has 4 nitrogen and oxygen atoms in total. The monoisotopic (exact) mass is 254 g/mol. The van der Waals surface area contributed by atoms with Gasteiger partial charge in [0, 0.05) is 23.1 Å². The highest BCUT2D eigenvalue weighted by atomic mass is 79.9. The maximum absolute atomic E-state index is 5.68. The summed E-state index contributed by atoms with van der Waals surface area (Å²) in [4.78, 5) is 4.36. The summed E-state index contributed by atoms with van der Waals surface area (Å²) in [7, 11) is 0. The third kappa shape index (κ3) is 1.93. The Labute approximate surface area is 90.3 Å². The fourth-order valence-corrected chi connectivity index (χ4v) is 1.60. The Balaban J connectivity index is 2.41. The van der Waals surface area contributed by atoms with E-state index in [0.29, 0.717) is 6.42 Å². The van der Waals surface area contributed by atoms with Crippen LogP contribution in [0.2, 0.25) is 0 Å². The molecule has 5 heteroatoms. The summed E-state index contributed by atoms with van der Waals surface area (Å²) >= 11 is 3.39. The van der Waals surface area contributed by atoms with Crippen molar-refractivity contribution in [2.45, 2.75) is 19.4 Å². The van der Waals surface area contributed by atoms with E-state index in [4.69, 9.17) is 5.73 Å². The van der Waals surface area contributed by atoms with E-state index in [1.54, 1.807) is 4.52 Å². The highest BCUT2D eigenvalue weighted by Gasteiger charge is 2.05. The van der Waals surface area contributed by atoms with E-state index in [-0.39, 0.29) is 6.04 Å². The van der Waals surface area contributed by atoms with Crippen LogP contribution in [0, 0.1) is 0 Å². The van der Waals surface area contributed by atoms with Gasteiger partial charge in [0.2, 0.25) is 0 Å². The van der Waals surface area contributed by atoms with Crippen LogP contribution in [0.4, 0.5) is 0 Å². The number of rotatable bonds is 2. The molecule has 2 heterocycles. The molecule has 2 N–H and O–H groups in total. The standard InChI is InChI=1S/C9H11BrN4/c1-6(11)4-8-12-9-5-7(10)2-3-14(9)13-8/h2-3,5-6H,4,11H2,1H3. The van der Waals surface area contributed by atoms with Crippen molar-refractivity contribution in [3.63, 3.8) is 0 Å². The average molecular weight is 255 g/mol. The maximum atomic E-state index is 5.68. The van der Waals surface area contributed by atoms with Crippen LogP contribution < -0.4 is 5.73 Å². The van der Waals surface area contributed by atoms with Crippen molar-refractivity contribution in [3.8, 4) is 0 Å². The lowest BCUT2D eigenvalue weighted by Gasteiger charge is -1.97. The van der Waals surface area contributed by atoms with Crippen LogP contribution >= 0.6 is 15.9 Å². The van der Waals surface area contributed by atoms with Crippen LogP contribution in [0.1, 0.15) is 12.7 Å². The molecule has 74 valence electrons. The molecule has 0 amide bonds. The Kier molecular flexibility index (Phi) is 2.52.